The Hall–Kier alpha value is -3.92. The highest BCUT2D eigenvalue weighted by Gasteiger charge is 2.37. The Morgan fingerprint density at radius 1 is 0.906 bits per heavy atom. The number of carbonyl (C=O) groups is 2. The van der Waals surface area contributed by atoms with Crippen LogP contribution >= 0.6 is 0 Å². The standard InChI is InChI=1S/C28H23NO3/c1-19-15-22(21-11-13-24(14-12-21)32-18-20-7-3-2-4-8-20)17-23(16-19)29-26-10-6-5-9-25(26)27(30)28(29)31/h2-14,16-17,19H,15,18H2,1H3. The van der Waals surface area contributed by atoms with E-state index >= 15 is 0 Å². The van der Waals surface area contributed by atoms with Gasteiger partial charge in [0.05, 0.1) is 11.3 Å². The smallest absolute Gasteiger partial charge is 0.304 e. The molecular formula is C28H23NO3. The van der Waals surface area contributed by atoms with Crippen LogP contribution in [-0.2, 0) is 11.4 Å². The van der Waals surface area contributed by atoms with Gasteiger partial charge in [-0.15, -0.1) is 0 Å². The van der Waals surface area contributed by atoms with Crippen molar-refractivity contribution < 1.29 is 14.3 Å². The van der Waals surface area contributed by atoms with Gasteiger partial charge in [-0.1, -0.05) is 67.6 Å². The summed E-state index contributed by atoms with van der Waals surface area (Å²) in [5.41, 5.74) is 5.22. The molecule has 0 aromatic heterocycles. The third kappa shape index (κ3) is 3.76. The molecule has 1 atom stereocenters. The van der Waals surface area contributed by atoms with E-state index in [9.17, 15) is 9.59 Å². The molecule has 158 valence electrons. The zero-order valence-corrected chi connectivity index (χ0v) is 17.8. The first-order valence-corrected chi connectivity index (χ1v) is 10.8. The number of rotatable bonds is 5. The summed E-state index contributed by atoms with van der Waals surface area (Å²) in [5.74, 6) is 0.114. The number of allylic oxidation sites excluding steroid dienone is 3. The highest BCUT2D eigenvalue weighted by atomic mass is 16.5. The zero-order chi connectivity index (χ0) is 22.1. The first-order chi connectivity index (χ1) is 15.6. The van der Waals surface area contributed by atoms with Gasteiger partial charge in [-0.3, -0.25) is 14.5 Å². The van der Waals surface area contributed by atoms with Crippen LogP contribution in [0, 0.1) is 5.92 Å². The van der Waals surface area contributed by atoms with E-state index in [2.05, 4.69) is 13.0 Å². The normalized spacial score (nSPS) is 17.7. The van der Waals surface area contributed by atoms with Crippen molar-refractivity contribution in [2.45, 2.75) is 20.0 Å². The monoisotopic (exact) mass is 421 g/mol. The molecular weight excluding hydrogens is 398 g/mol. The third-order valence-electron chi connectivity index (χ3n) is 5.84. The van der Waals surface area contributed by atoms with Gasteiger partial charge >= 0.3 is 5.91 Å². The first-order valence-electron chi connectivity index (χ1n) is 10.8. The number of Topliss-reactive ketones (excluding diaryl/α,β-unsaturated/α-hetero) is 1. The van der Waals surface area contributed by atoms with Crippen molar-refractivity contribution in [1.82, 2.24) is 0 Å². The highest BCUT2D eigenvalue weighted by Crippen LogP contribution is 2.37. The Balaban J connectivity index is 1.38. The van der Waals surface area contributed by atoms with Crippen LogP contribution in [0.1, 0.15) is 34.8 Å². The van der Waals surface area contributed by atoms with Crippen LogP contribution in [-0.4, -0.2) is 11.7 Å². The predicted molar refractivity (Wildman–Crippen MR) is 125 cm³/mol. The number of hydrogen-bond donors (Lipinski definition) is 0. The van der Waals surface area contributed by atoms with Gasteiger partial charge in [0.2, 0.25) is 0 Å². The minimum Gasteiger partial charge on any atom is -0.489 e. The highest BCUT2D eigenvalue weighted by molar-refractivity contribution is 6.53. The molecule has 32 heavy (non-hydrogen) atoms. The number of fused-ring (bicyclic) bond motifs is 1. The van der Waals surface area contributed by atoms with Gasteiger partial charge in [-0.05, 0) is 59.4 Å². The predicted octanol–water partition coefficient (Wildman–Crippen LogP) is 5.80. The number of ketones is 1. The van der Waals surface area contributed by atoms with E-state index in [1.165, 1.54) is 0 Å². The summed E-state index contributed by atoms with van der Waals surface area (Å²) < 4.78 is 5.90. The first kappa shape index (κ1) is 20.0. The van der Waals surface area contributed by atoms with Crippen LogP contribution < -0.4 is 9.64 Å². The zero-order valence-electron chi connectivity index (χ0n) is 17.8. The second kappa shape index (κ2) is 8.31. The molecule has 1 aliphatic carbocycles. The maximum atomic E-state index is 12.7. The van der Waals surface area contributed by atoms with Crippen LogP contribution in [0.3, 0.4) is 0 Å². The maximum Gasteiger partial charge on any atom is 0.304 e. The Morgan fingerprint density at radius 3 is 2.41 bits per heavy atom. The van der Waals surface area contributed by atoms with Crippen molar-refractivity contribution in [1.29, 1.82) is 0 Å². The van der Waals surface area contributed by atoms with Gasteiger partial charge in [-0.25, -0.2) is 0 Å². The third-order valence-corrected chi connectivity index (χ3v) is 5.84. The van der Waals surface area contributed by atoms with Crippen molar-refractivity contribution in [3.63, 3.8) is 0 Å². The van der Waals surface area contributed by atoms with Crippen molar-refractivity contribution in [2.24, 2.45) is 5.92 Å². The van der Waals surface area contributed by atoms with Gasteiger partial charge in [0.15, 0.2) is 0 Å². The number of anilines is 1. The fraction of sp³-hybridized carbons (Fsp3) is 0.143. The minimum absolute atomic E-state index is 0.245. The lowest BCUT2D eigenvalue weighted by Crippen LogP contribution is -2.29. The van der Waals surface area contributed by atoms with Gasteiger partial charge in [0, 0.05) is 5.70 Å². The SMILES string of the molecule is CC1C=C(N2C(=O)C(=O)c3ccccc32)C=C(c2ccc(OCc3ccccc3)cc2)C1. The molecule has 3 aromatic rings. The second-order valence-corrected chi connectivity index (χ2v) is 8.23. The molecule has 5 rings (SSSR count). The van der Waals surface area contributed by atoms with E-state index in [0.717, 1.165) is 34.6 Å². The number of carbonyl (C=O) groups excluding carboxylic acids is 2. The van der Waals surface area contributed by atoms with Crippen molar-refractivity contribution in [3.8, 4) is 5.75 Å². The number of para-hydroxylation sites is 1. The number of benzene rings is 3. The van der Waals surface area contributed by atoms with Gasteiger partial charge in [0.1, 0.15) is 12.4 Å². The molecule has 1 unspecified atom stereocenters. The molecule has 4 heteroatoms. The fourth-order valence-electron chi connectivity index (χ4n) is 4.27. The number of hydrogen-bond acceptors (Lipinski definition) is 3. The molecule has 1 aliphatic heterocycles. The quantitative estimate of drug-likeness (QED) is 0.489. The Labute approximate surface area is 187 Å². The van der Waals surface area contributed by atoms with E-state index in [4.69, 9.17) is 4.74 Å². The number of ether oxygens (including phenoxy) is 1. The summed E-state index contributed by atoms with van der Waals surface area (Å²) in [5, 5.41) is 0. The van der Waals surface area contributed by atoms with Crippen molar-refractivity contribution in [2.75, 3.05) is 4.90 Å². The summed E-state index contributed by atoms with van der Waals surface area (Å²) in [6.07, 6.45) is 4.95. The topological polar surface area (TPSA) is 46.6 Å². The lowest BCUT2D eigenvalue weighted by Gasteiger charge is -2.25. The largest absolute Gasteiger partial charge is 0.489 e. The second-order valence-electron chi connectivity index (χ2n) is 8.23. The van der Waals surface area contributed by atoms with Crippen molar-refractivity contribution >= 4 is 23.0 Å². The summed E-state index contributed by atoms with van der Waals surface area (Å²) in [7, 11) is 0. The molecule has 1 amide bonds. The summed E-state index contributed by atoms with van der Waals surface area (Å²) in [4.78, 5) is 26.7. The van der Waals surface area contributed by atoms with Crippen LogP contribution in [0.4, 0.5) is 5.69 Å². The molecule has 2 aliphatic rings. The van der Waals surface area contributed by atoms with Gasteiger partial charge in [0.25, 0.3) is 5.78 Å². The van der Waals surface area contributed by atoms with E-state index in [-0.39, 0.29) is 5.92 Å². The van der Waals surface area contributed by atoms with Crippen LogP contribution in [0.5, 0.6) is 5.75 Å². The molecule has 0 radical (unpaired) electrons. The van der Waals surface area contributed by atoms with Gasteiger partial charge in [-0.2, -0.15) is 0 Å². The summed E-state index contributed by atoms with van der Waals surface area (Å²) in [6, 6.07) is 25.3. The average Bonchev–Trinajstić information content (AvgIpc) is 3.08. The molecule has 0 fully saturated rings. The Kier molecular flexibility index (Phi) is 5.20. The summed E-state index contributed by atoms with van der Waals surface area (Å²) in [6.45, 7) is 2.65. The number of amides is 1. The lowest BCUT2D eigenvalue weighted by molar-refractivity contribution is -0.113. The molecule has 0 saturated heterocycles. The molecule has 4 nitrogen and oxygen atoms in total. The van der Waals surface area contributed by atoms with Crippen LogP contribution in [0.15, 0.2) is 96.7 Å². The fourth-order valence-corrected chi connectivity index (χ4v) is 4.27. The molecule has 0 bridgehead atoms. The van der Waals surface area contributed by atoms with Gasteiger partial charge < -0.3 is 4.74 Å². The van der Waals surface area contributed by atoms with E-state index in [1.54, 1.807) is 17.0 Å². The number of nitrogens with zero attached hydrogens (tertiary/aromatic N) is 1. The van der Waals surface area contributed by atoms with E-state index in [0.29, 0.717) is 17.9 Å². The Morgan fingerprint density at radius 2 is 1.62 bits per heavy atom. The van der Waals surface area contributed by atoms with Crippen molar-refractivity contribution in [3.05, 3.63) is 113 Å². The molecule has 1 heterocycles. The summed E-state index contributed by atoms with van der Waals surface area (Å²) >= 11 is 0. The minimum atomic E-state index is -0.494. The Bertz CT molecular complexity index is 1240. The van der Waals surface area contributed by atoms with Crippen LogP contribution in [0.25, 0.3) is 5.57 Å². The molecule has 3 aromatic carbocycles. The van der Waals surface area contributed by atoms with E-state index in [1.807, 2.05) is 72.8 Å². The molecule has 0 spiro atoms. The van der Waals surface area contributed by atoms with Crippen LogP contribution in [0.2, 0.25) is 0 Å². The maximum absolute atomic E-state index is 12.7. The van der Waals surface area contributed by atoms with E-state index < -0.39 is 11.7 Å². The molecule has 0 saturated carbocycles. The average molecular weight is 421 g/mol. The lowest BCUT2D eigenvalue weighted by atomic mass is 9.89. The molecule has 0 N–H and O–H groups in total.